The van der Waals surface area contributed by atoms with Gasteiger partial charge in [-0.15, -0.1) is 0 Å². The highest BCUT2D eigenvalue weighted by atomic mass is 16.3. The van der Waals surface area contributed by atoms with Crippen molar-refractivity contribution in [2.45, 2.75) is 33.2 Å². The van der Waals surface area contributed by atoms with Gasteiger partial charge in [-0.25, -0.2) is 0 Å². The normalized spacial score (nSPS) is 16.7. The number of hydrogen-bond acceptors (Lipinski definition) is 4. The number of hydrogen-bond donors (Lipinski definition) is 1. The van der Waals surface area contributed by atoms with Gasteiger partial charge in [-0.2, -0.15) is 0 Å². The summed E-state index contributed by atoms with van der Waals surface area (Å²) in [5, 5.41) is 9.18. The number of fused-ring (bicyclic) bond motifs is 1. The number of carbonyl (C=O) groups is 2. The van der Waals surface area contributed by atoms with E-state index in [2.05, 4.69) is 4.98 Å². The van der Waals surface area contributed by atoms with E-state index in [1.54, 1.807) is 12.1 Å². The number of aliphatic hydroxyl groups is 1. The van der Waals surface area contributed by atoms with Crippen LogP contribution in [-0.4, -0.2) is 39.5 Å². The molecule has 2 rings (SSSR count). The predicted molar refractivity (Wildman–Crippen MR) is 69.7 cm³/mol. The molecule has 0 fully saturated rings. The first-order valence-corrected chi connectivity index (χ1v) is 6.31. The quantitative estimate of drug-likeness (QED) is 0.837. The lowest BCUT2D eigenvalue weighted by Gasteiger charge is -2.36. The molecule has 1 unspecified atom stereocenters. The lowest BCUT2D eigenvalue weighted by atomic mass is 9.84. The monoisotopic (exact) mass is 262 g/mol. The molecule has 102 valence electrons. The highest BCUT2D eigenvalue weighted by Gasteiger charge is 2.44. The van der Waals surface area contributed by atoms with Crippen molar-refractivity contribution in [3.63, 3.8) is 0 Å². The number of aromatic nitrogens is 1. The molecule has 2 amide bonds. The average molecular weight is 262 g/mol. The van der Waals surface area contributed by atoms with Crippen molar-refractivity contribution in [2.75, 3.05) is 6.61 Å². The van der Waals surface area contributed by atoms with E-state index in [1.165, 1.54) is 11.1 Å². The number of imide groups is 1. The average Bonchev–Trinajstić information content (AvgIpc) is 2.59. The largest absolute Gasteiger partial charge is 0.396 e. The van der Waals surface area contributed by atoms with Crippen molar-refractivity contribution < 1.29 is 14.7 Å². The Balaban J connectivity index is 2.42. The molecule has 1 atom stereocenters. The molecule has 1 aromatic heterocycles. The van der Waals surface area contributed by atoms with Gasteiger partial charge in [-0.3, -0.25) is 19.5 Å². The van der Waals surface area contributed by atoms with Crippen LogP contribution in [0.25, 0.3) is 0 Å². The molecular weight excluding hydrogens is 244 g/mol. The van der Waals surface area contributed by atoms with Gasteiger partial charge in [0.2, 0.25) is 0 Å². The molecule has 0 spiro atoms. The third kappa shape index (κ3) is 2.26. The fourth-order valence-corrected chi connectivity index (χ4v) is 2.44. The van der Waals surface area contributed by atoms with E-state index in [1.807, 2.05) is 20.8 Å². The van der Waals surface area contributed by atoms with Gasteiger partial charge in [0, 0.05) is 18.8 Å². The molecule has 19 heavy (non-hydrogen) atoms. The lowest BCUT2D eigenvalue weighted by Crippen LogP contribution is -2.47. The summed E-state index contributed by atoms with van der Waals surface area (Å²) in [5.74, 6) is -0.685. The second kappa shape index (κ2) is 4.74. The Bertz CT molecular complexity index is 485. The predicted octanol–water partition coefficient (Wildman–Crippen LogP) is 1.47. The van der Waals surface area contributed by atoms with Crippen LogP contribution in [0.3, 0.4) is 0 Å². The number of pyridine rings is 1. The minimum atomic E-state index is -0.367. The highest BCUT2D eigenvalue weighted by Crippen LogP contribution is 2.32. The maximum Gasteiger partial charge on any atom is 0.280 e. The van der Waals surface area contributed by atoms with Crippen LogP contribution in [0.1, 0.15) is 48.0 Å². The number of amides is 2. The fraction of sp³-hybridized carbons (Fsp3) is 0.500. The Morgan fingerprint density at radius 1 is 1.32 bits per heavy atom. The number of carbonyl (C=O) groups excluding carboxylic acids is 2. The van der Waals surface area contributed by atoms with E-state index < -0.39 is 0 Å². The van der Waals surface area contributed by atoms with Crippen molar-refractivity contribution in [1.29, 1.82) is 0 Å². The van der Waals surface area contributed by atoms with Gasteiger partial charge in [0.15, 0.2) is 0 Å². The summed E-state index contributed by atoms with van der Waals surface area (Å²) in [6, 6.07) is 2.92. The summed E-state index contributed by atoms with van der Waals surface area (Å²) < 4.78 is 0. The van der Waals surface area contributed by atoms with Gasteiger partial charge in [-0.05, 0) is 24.0 Å². The molecule has 5 nitrogen and oxygen atoms in total. The van der Waals surface area contributed by atoms with E-state index in [-0.39, 0.29) is 35.6 Å². The Hall–Kier alpha value is -1.75. The van der Waals surface area contributed by atoms with E-state index in [0.29, 0.717) is 12.0 Å². The minimum Gasteiger partial charge on any atom is -0.396 e. The number of rotatable bonds is 3. The summed E-state index contributed by atoms with van der Waals surface area (Å²) in [6.45, 7) is 5.78. The smallest absolute Gasteiger partial charge is 0.280 e. The first kappa shape index (κ1) is 13.7. The molecule has 0 saturated heterocycles. The van der Waals surface area contributed by atoms with Crippen molar-refractivity contribution in [3.05, 3.63) is 29.6 Å². The van der Waals surface area contributed by atoms with Gasteiger partial charge in [0.05, 0.1) is 5.56 Å². The van der Waals surface area contributed by atoms with Crippen LogP contribution in [0, 0.1) is 5.41 Å². The molecular formula is C14H18N2O3. The fourth-order valence-electron chi connectivity index (χ4n) is 2.44. The van der Waals surface area contributed by atoms with Gasteiger partial charge in [0.25, 0.3) is 11.8 Å². The van der Waals surface area contributed by atoms with Gasteiger partial charge < -0.3 is 5.11 Å². The maximum atomic E-state index is 12.4. The molecule has 5 heteroatoms. The van der Waals surface area contributed by atoms with Gasteiger partial charge in [0.1, 0.15) is 5.69 Å². The first-order chi connectivity index (χ1) is 8.88. The Labute approximate surface area is 112 Å². The summed E-state index contributed by atoms with van der Waals surface area (Å²) in [7, 11) is 0. The van der Waals surface area contributed by atoms with Crippen LogP contribution in [0.4, 0.5) is 0 Å². The van der Waals surface area contributed by atoms with Crippen LogP contribution in [0.5, 0.6) is 0 Å². The van der Waals surface area contributed by atoms with Crippen molar-refractivity contribution in [3.8, 4) is 0 Å². The Morgan fingerprint density at radius 2 is 2.00 bits per heavy atom. The third-order valence-electron chi connectivity index (χ3n) is 3.39. The SMILES string of the molecule is CC(C)(C)C(CCO)N1C(=O)c2cccnc2C1=O. The van der Waals surface area contributed by atoms with E-state index >= 15 is 0 Å². The lowest BCUT2D eigenvalue weighted by molar-refractivity contribution is 0.0408. The first-order valence-electron chi connectivity index (χ1n) is 6.31. The molecule has 1 aliphatic heterocycles. The molecule has 0 radical (unpaired) electrons. The zero-order valence-corrected chi connectivity index (χ0v) is 11.4. The summed E-state index contributed by atoms with van der Waals surface area (Å²) in [4.78, 5) is 29.9. The molecule has 2 heterocycles. The van der Waals surface area contributed by atoms with Crippen LogP contribution in [-0.2, 0) is 0 Å². The second-order valence-electron chi connectivity index (χ2n) is 5.77. The van der Waals surface area contributed by atoms with Gasteiger partial charge in [-0.1, -0.05) is 20.8 Å². The van der Waals surface area contributed by atoms with E-state index in [0.717, 1.165) is 0 Å². The summed E-state index contributed by atoms with van der Waals surface area (Å²) in [6.07, 6.45) is 1.88. The number of aliphatic hydroxyl groups excluding tert-OH is 1. The molecule has 0 saturated carbocycles. The van der Waals surface area contributed by atoms with E-state index in [4.69, 9.17) is 0 Å². The summed E-state index contributed by atoms with van der Waals surface area (Å²) >= 11 is 0. The number of nitrogens with zero attached hydrogens (tertiary/aromatic N) is 2. The minimum absolute atomic E-state index is 0.0667. The van der Waals surface area contributed by atoms with Crippen molar-refractivity contribution in [1.82, 2.24) is 9.88 Å². The topological polar surface area (TPSA) is 70.5 Å². The van der Waals surface area contributed by atoms with Crippen LogP contribution >= 0.6 is 0 Å². The maximum absolute atomic E-state index is 12.4. The Morgan fingerprint density at radius 3 is 2.53 bits per heavy atom. The molecule has 0 aliphatic carbocycles. The molecule has 1 aromatic rings. The summed E-state index contributed by atoms with van der Waals surface area (Å²) in [5.41, 5.74) is 0.259. The van der Waals surface area contributed by atoms with Crippen LogP contribution in [0.15, 0.2) is 18.3 Å². The third-order valence-corrected chi connectivity index (χ3v) is 3.39. The van der Waals surface area contributed by atoms with Crippen molar-refractivity contribution >= 4 is 11.8 Å². The molecule has 1 aliphatic rings. The van der Waals surface area contributed by atoms with Crippen LogP contribution < -0.4 is 0 Å². The highest BCUT2D eigenvalue weighted by molar-refractivity contribution is 6.20. The molecule has 1 N–H and O–H groups in total. The molecule has 0 aromatic carbocycles. The zero-order valence-electron chi connectivity index (χ0n) is 11.4. The van der Waals surface area contributed by atoms with Gasteiger partial charge >= 0.3 is 0 Å². The second-order valence-corrected chi connectivity index (χ2v) is 5.77. The van der Waals surface area contributed by atoms with Crippen LogP contribution in [0.2, 0.25) is 0 Å². The zero-order chi connectivity index (χ0) is 14.2. The standard InChI is InChI=1S/C14H18N2O3/c1-14(2,3)10(6-8-17)16-12(18)9-5-4-7-15-11(9)13(16)19/h4-5,7,10,17H,6,8H2,1-3H3. The Kier molecular flexibility index (Phi) is 3.41. The van der Waals surface area contributed by atoms with E-state index in [9.17, 15) is 14.7 Å². The van der Waals surface area contributed by atoms with Crippen molar-refractivity contribution in [2.24, 2.45) is 5.41 Å². The molecule has 0 bridgehead atoms.